The van der Waals surface area contributed by atoms with Gasteiger partial charge in [0.1, 0.15) is 11.6 Å². The zero-order chi connectivity index (χ0) is 13.1. The third kappa shape index (κ3) is 2.93. The summed E-state index contributed by atoms with van der Waals surface area (Å²) >= 11 is 5.69. The Bertz CT molecular complexity index is 459. The van der Waals surface area contributed by atoms with Gasteiger partial charge in [-0.3, -0.25) is 4.79 Å². The number of aromatic hydroxyl groups is 1. The van der Waals surface area contributed by atoms with Crippen LogP contribution in [0.1, 0.15) is 32.1 Å². The second-order valence-electron chi connectivity index (χ2n) is 4.61. The predicted molar refractivity (Wildman–Crippen MR) is 68.3 cm³/mol. The molecule has 0 aliphatic heterocycles. The number of hydrogen-bond acceptors (Lipinski definition) is 2. The number of phenols is 1. The Morgan fingerprint density at radius 2 is 2.00 bits per heavy atom. The van der Waals surface area contributed by atoms with Crippen LogP contribution in [0.25, 0.3) is 0 Å². The largest absolute Gasteiger partial charge is 0.506 e. The van der Waals surface area contributed by atoms with Crippen LogP contribution in [0, 0.1) is 11.7 Å². The van der Waals surface area contributed by atoms with Gasteiger partial charge in [-0.05, 0) is 18.9 Å². The van der Waals surface area contributed by atoms with Crippen molar-refractivity contribution >= 4 is 23.2 Å². The topological polar surface area (TPSA) is 49.3 Å². The molecule has 0 aromatic heterocycles. The van der Waals surface area contributed by atoms with Crippen molar-refractivity contribution in [2.24, 2.45) is 5.92 Å². The van der Waals surface area contributed by atoms with E-state index in [0.29, 0.717) is 0 Å². The Balaban J connectivity index is 2.08. The predicted octanol–water partition coefficient (Wildman–Crippen LogP) is 3.70. The van der Waals surface area contributed by atoms with Gasteiger partial charge in [-0.2, -0.15) is 0 Å². The second-order valence-corrected chi connectivity index (χ2v) is 5.01. The Kier molecular flexibility index (Phi) is 4.07. The summed E-state index contributed by atoms with van der Waals surface area (Å²) in [6, 6.07) is 2.13. The van der Waals surface area contributed by atoms with Crippen LogP contribution in [0.2, 0.25) is 5.02 Å². The quantitative estimate of drug-likeness (QED) is 0.806. The highest BCUT2D eigenvalue weighted by atomic mass is 35.5. The number of phenolic OH excluding ortho intramolecular Hbond substituents is 1. The highest BCUT2D eigenvalue weighted by molar-refractivity contribution is 6.32. The third-order valence-electron chi connectivity index (χ3n) is 3.27. The summed E-state index contributed by atoms with van der Waals surface area (Å²) in [6.45, 7) is 0. The Morgan fingerprint density at radius 1 is 1.33 bits per heavy atom. The monoisotopic (exact) mass is 271 g/mol. The molecule has 1 fully saturated rings. The van der Waals surface area contributed by atoms with Crippen molar-refractivity contribution in [2.75, 3.05) is 5.32 Å². The Morgan fingerprint density at radius 3 is 2.67 bits per heavy atom. The van der Waals surface area contributed by atoms with E-state index in [0.717, 1.165) is 38.2 Å². The lowest BCUT2D eigenvalue weighted by atomic mass is 9.88. The molecule has 5 heteroatoms. The van der Waals surface area contributed by atoms with Crippen LogP contribution < -0.4 is 5.32 Å². The number of rotatable bonds is 2. The number of amides is 1. The van der Waals surface area contributed by atoms with E-state index in [-0.39, 0.29) is 28.3 Å². The van der Waals surface area contributed by atoms with Crippen molar-refractivity contribution in [3.05, 3.63) is 23.0 Å². The molecule has 2 rings (SSSR count). The van der Waals surface area contributed by atoms with Gasteiger partial charge in [0.15, 0.2) is 0 Å². The average molecular weight is 272 g/mol. The zero-order valence-corrected chi connectivity index (χ0v) is 10.6. The fraction of sp³-hybridized carbons (Fsp3) is 0.462. The molecular formula is C13H15ClFNO2. The van der Waals surface area contributed by atoms with Gasteiger partial charge in [0.25, 0.3) is 0 Å². The van der Waals surface area contributed by atoms with E-state index in [4.69, 9.17) is 11.6 Å². The number of halogens is 2. The Hall–Kier alpha value is -1.29. The highest BCUT2D eigenvalue weighted by Crippen LogP contribution is 2.30. The summed E-state index contributed by atoms with van der Waals surface area (Å²) in [5.41, 5.74) is 0.0216. The molecule has 1 amide bonds. The van der Waals surface area contributed by atoms with E-state index >= 15 is 0 Å². The molecule has 0 atom stereocenters. The summed E-state index contributed by atoms with van der Waals surface area (Å²) in [6.07, 6.45) is 4.93. The summed E-state index contributed by atoms with van der Waals surface area (Å²) in [5, 5.41) is 11.8. The molecule has 0 unspecified atom stereocenters. The minimum Gasteiger partial charge on any atom is -0.506 e. The van der Waals surface area contributed by atoms with E-state index < -0.39 is 5.82 Å². The molecule has 3 nitrogen and oxygen atoms in total. The van der Waals surface area contributed by atoms with E-state index in [2.05, 4.69) is 5.32 Å². The van der Waals surface area contributed by atoms with Crippen LogP contribution in [0.4, 0.5) is 10.1 Å². The first-order valence-electron chi connectivity index (χ1n) is 6.07. The number of benzene rings is 1. The number of hydrogen-bond donors (Lipinski definition) is 2. The summed E-state index contributed by atoms with van der Waals surface area (Å²) in [4.78, 5) is 11.9. The second kappa shape index (κ2) is 5.57. The molecule has 0 spiro atoms. The number of nitrogens with one attached hydrogen (secondary N) is 1. The van der Waals surface area contributed by atoms with Gasteiger partial charge in [0, 0.05) is 12.0 Å². The summed E-state index contributed by atoms with van der Waals surface area (Å²) in [7, 11) is 0. The fourth-order valence-electron chi connectivity index (χ4n) is 2.23. The normalized spacial score (nSPS) is 16.6. The van der Waals surface area contributed by atoms with Gasteiger partial charge >= 0.3 is 0 Å². The van der Waals surface area contributed by atoms with Crippen LogP contribution in [-0.2, 0) is 4.79 Å². The van der Waals surface area contributed by atoms with Crippen LogP contribution in [0.15, 0.2) is 12.1 Å². The molecule has 0 radical (unpaired) electrons. The van der Waals surface area contributed by atoms with Crippen molar-refractivity contribution in [1.82, 2.24) is 0 Å². The molecular weight excluding hydrogens is 257 g/mol. The standard InChI is InChI=1S/C13H15ClFNO2/c14-9-6-11(10(15)7-12(9)17)16-13(18)8-4-2-1-3-5-8/h6-8,17H,1-5H2,(H,16,18). The fourth-order valence-corrected chi connectivity index (χ4v) is 2.40. The van der Waals surface area contributed by atoms with Crippen molar-refractivity contribution in [3.63, 3.8) is 0 Å². The first kappa shape index (κ1) is 13.1. The van der Waals surface area contributed by atoms with Gasteiger partial charge in [-0.1, -0.05) is 30.9 Å². The smallest absolute Gasteiger partial charge is 0.227 e. The molecule has 1 aromatic carbocycles. The van der Waals surface area contributed by atoms with Crippen LogP contribution in [-0.4, -0.2) is 11.0 Å². The van der Waals surface area contributed by atoms with Gasteiger partial charge in [-0.15, -0.1) is 0 Å². The number of anilines is 1. The molecule has 1 aliphatic carbocycles. The maximum Gasteiger partial charge on any atom is 0.227 e. The maximum absolute atomic E-state index is 13.5. The molecule has 98 valence electrons. The van der Waals surface area contributed by atoms with E-state index in [1.807, 2.05) is 0 Å². The first-order chi connectivity index (χ1) is 8.58. The van der Waals surface area contributed by atoms with Crippen LogP contribution >= 0.6 is 11.6 Å². The zero-order valence-electron chi connectivity index (χ0n) is 9.88. The molecule has 0 heterocycles. The lowest BCUT2D eigenvalue weighted by Gasteiger charge is -2.21. The van der Waals surface area contributed by atoms with Crippen molar-refractivity contribution in [3.8, 4) is 5.75 Å². The minimum absolute atomic E-state index is 0.0216. The minimum atomic E-state index is -0.680. The molecule has 0 saturated heterocycles. The van der Waals surface area contributed by atoms with Crippen molar-refractivity contribution < 1.29 is 14.3 Å². The maximum atomic E-state index is 13.5. The number of carbonyl (C=O) groups is 1. The summed E-state index contributed by atoms with van der Waals surface area (Å²) < 4.78 is 13.5. The van der Waals surface area contributed by atoms with E-state index in [1.54, 1.807) is 0 Å². The molecule has 1 saturated carbocycles. The lowest BCUT2D eigenvalue weighted by molar-refractivity contribution is -0.120. The van der Waals surface area contributed by atoms with Gasteiger partial charge in [-0.25, -0.2) is 4.39 Å². The van der Waals surface area contributed by atoms with E-state index in [1.165, 1.54) is 6.07 Å². The van der Waals surface area contributed by atoms with Crippen molar-refractivity contribution in [1.29, 1.82) is 0 Å². The lowest BCUT2D eigenvalue weighted by Crippen LogP contribution is -2.25. The molecule has 1 aromatic rings. The first-order valence-corrected chi connectivity index (χ1v) is 6.44. The van der Waals surface area contributed by atoms with Gasteiger partial charge in [0.05, 0.1) is 10.7 Å². The van der Waals surface area contributed by atoms with Crippen LogP contribution in [0.5, 0.6) is 5.75 Å². The summed E-state index contributed by atoms with van der Waals surface area (Å²) in [5.74, 6) is -1.23. The van der Waals surface area contributed by atoms with Gasteiger partial charge < -0.3 is 10.4 Å². The van der Waals surface area contributed by atoms with Crippen LogP contribution in [0.3, 0.4) is 0 Å². The molecule has 2 N–H and O–H groups in total. The van der Waals surface area contributed by atoms with Gasteiger partial charge in [0.2, 0.25) is 5.91 Å². The molecule has 18 heavy (non-hydrogen) atoms. The molecule has 0 bridgehead atoms. The molecule has 1 aliphatic rings. The van der Waals surface area contributed by atoms with Crippen molar-refractivity contribution in [2.45, 2.75) is 32.1 Å². The number of carbonyl (C=O) groups excluding carboxylic acids is 1. The average Bonchev–Trinajstić information content (AvgIpc) is 2.37. The Labute approximate surface area is 110 Å². The third-order valence-corrected chi connectivity index (χ3v) is 3.57. The highest BCUT2D eigenvalue weighted by Gasteiger charge is 2.22. The van der Waals surface area contributed by atoms with E-state index in [9.17, 15) is 14.3 Å². The SMILES string of the molecule is O=C(Nc1cc(Cl)c(O)cc1F)C1CCCCC1.